The molecule has 0 fully saturated rings. The Morgan fingerprint density at radius 3 is 2.53 bits per heavy atom. The van der Waals surface area contributed by atoms with Crippen LogP contribution in [0.5, 0.6) is 0 Å². The second kappa shape index (κ2) is 7.12. The van der Waals surface area contributed by atoms with E-state index in [1.54, 1.807) is 18.7 Å². The van der Waals surface area contributed by atoms with E-state index in [0.29, 0.717) is 5.75 Å². The van der Waals surface area contributed by atoms with Crippen LogP contribution in [0.25, 0.3) is 0 Å². The molecule has 0 rings (SSSR count). The lowest BCUT2D eigenvalue weighted by atomic mass is 10.1. The SMILES string of the molecule is CCCCSCC(C)(NC(C)C)C(=O)O. The first-order valence-corrected chi connectivity index (χ1v) is 6.66. The zero-order valence-corrected chi connectivity index (χ0v) is 11.0. The van der Waals surface area contributed by atoms with E-state index in [2.05, 4.69) is 12.2 Å². The van der Waals surface area contributed by atoms with Crippen molar-refractivity contribution in [3.8, 4) is 0 Å². The molecule has 0 saturated heterocycles. The fourth-order valence-electron chi connectivity index (χ4n) is 1.32. The smallest absolute Gasteiger partial charge is 0.324 e. The molecule has 4 heteroatoms. The van der Waals surface area contributed by atoms with Gasteiger partial charge in [0.2, 0.25) is 0 Å². The molecule has 0 aromatic carbocycles. The Bertz CT molecular complexity index is 197. The fourth-order valence-corrected chi connectivity index (χ4v) is 2.58. The average molecular weight is 233 g/mol. The van der Waals surface area contributed by atoms with Gasteiger partial charge in [-0.3, -0.25) is 10.1 Å². The summed E-state index contributed by atoms with van der Waals surface area (Å²) >= 11 is 1.71. The van der Waals surface area contributed by atoms with Crippen LogP contribution in [0, 0.1) is 0 Å². The van der Waals surface area contributed by atoms with Gasteiger partial charge in [0.1, 0.15) is 5.54 Å². The van der Waals surface area contributed by atoms with Gasteiger partial charge >= 0.3 is 5.97 Å². The molecule has 0 bridgehead atoms. The standard InChI is InChI=1S/C11H23NO2S/c1-5-6-7-15-8-11(4,10(13)14)12-9(2)3/h9,12H,5-8H2,1-4H3,(H,13,14). The Balaban J connectivity index is 4.08. The second-order valence-corrected chi connectivity index (χ2v) is 5.45. The number of nitrogens with one attached hydrogen (secondary N) is 1. The highest BCUT2D eigenvalue weighted by Crippen LogP contribution is 2.16. The predicted octanol–water partition coefficient (Wildman–Crippen LogP) is 2.36. The highest BCUT2D eigenvalue weighted by atomic mass is 32.2. The number of carboxylic acid groups (broad SMARTS) is 1. The summed E-state index contributed by atoms with van der Waals surface area (Å²) in [4.78, 5) is 11.1. The van der Waals surface area contributed by atoms with Gasteiger partial charge in [-0.05, 0) is 32.9 Å². The van der Waals surface area contributed by atoms with Gasteiger partial charge in [-0.25, -0.2) is 0 Å². The van der Waals surface area contributed by atoms with Crippen molar-refractivity contribution in [1.82, 2.24) is 5.32 Å². The van der Waals surface area contributed by atoms with Crippen molar-refractivity contribution in [2.75, 3.05) is 11.5 Å². The normalized spacial score (nSPS) is 15.3. The molecule has 0 aromatic heterocycles. The third-order valence-corrected chi connectivity index (χ3v) is 3.47. The quantitative estimate of drug-likeness (QED) is 0.632. The number of rotatable bonds is 8. The van der Waals surface area contributed by atoms with E-state index in [9.17, 15) is 4.79 Å². The largest absolute Gasteiger partial charge is 0.480 e. The Morgan fingerprint density at radius 2 is 2.13 bits per heavy atom. The zero-order valence-electron chi connectivity index (χ0n) is 10.2. The molecule has 15 heavy (non-hydrogen) atoms. The van der Waals surface area contributed by atoms with Gasteiger partial charge in [0, 0.05) is 11.8 Å². The summed E-state index contributed by atoms with van der Waals surface area (Å²) in [5, 5.41) is 12.3. The first-order valence-electron chi connectivity index (χ1n) is 5.51. The van der Waals surface area contributed by atoms with Crippen LogP contribution in [0.3, 0.4) is 0 Å². The van der Waals surface area contributed by atoms with Gasteiger partial charge in [0.15, 0.2) is 0 Å². The molecule has 0 radical (unpaired) electrons. The van der Waals surface area contributed by atoms with Gasteiger partial charge in [-0.1, -0.05) is 13.3 Å². The Labute approximate surface area is 97.0 Å². The van der Waals surface area contributed by atoms with Crippen LogP contribution in [0.1, 0.15) is 40.5 Å². The molecule has 0 spiro atoms. The lowest BCUT2D eigenvalue weighted by molar-refractivity contribution is -0.143. The number of thioether (sulfide) groups is 1. The van der Waals surface area contributed by atoms with Gasteiger partial charge in [-0.15, -0.1) is 0 Å². The van der Waals surface area contributed by atoms with Crippen molar-refractivity contribution in [1.29, 1.82) is 0 Å². The number of carbonyl (C=O) groups is 1. The van der Waals surface area contributed by atoms with Crippen LogP contribution >= 0.6 is 11.8 Å². The molecule has 0 aliphatic heterocycles. The minimum atomic E-state index is -0.799. The topological polar surface area (TPSA) is 49.3 Å². The van der Waals surface area contributed by atoms with E-state index in [0.717, 1.165) is 18.6 Å². The third-order valence-electron chi connectivity index (χ3n) is 2.11. The van der Waals surface area contributed by atoms with Gasteiger partial charge in [0.05, 0.1) is 0 Å². The highest BCUT2D eigenvalue weighted by molar-refractivity contribution is 7.99. The summed E-state index contributed by atoms with van der Waals surface area (Å²) < 4.78 is 0. The molecular weight excluding hydrogens is 210 g/mol. The Kier molecular flexibility index (Phi) is 7.02. The van der Waals surface area contributed by atoms with Crippen molar-refractivity contribution in [2.45, 2.75) is 52.1 Å². The monoisotopic (exact) mass is 233 g/mol. The van der Waals surface area contributed by atoms with E-state index in [1.807, 2.05) is 13.8 Å². The summed E-state index contributed by atoms with van der Waals surface area (Å²) in [7, 11) is 0. The minimum Gasteiger partial charge on any atom is -0.480 e. The highest BCUT2D eigenvalue weighted by Gasteiger charge is 2.33. The molecule has 0 aliphatic rings. The van der Waals surface area contributed by atoms with E-state index >= 15 is 0 Å². The van der Waals surface area contributed by atoms with Crippen molar-refractivity contribution >= 4 is 17.7 Å². The summed E-state index contributed by atoms with van der Waals surface area (Å²) in [6.07, 6.45) is 2.32. The number of unbranched alkanes of at least 4 members (excludes halogenated alkanes) is 1. The van der Waals surface area contributed by atoms with E-state index in [4.69, 9.17) is 5.11 Å². The van der Waals surface area contributed by atoms with E-state index in [1.165, 1.54) is 0 Å². The van der Waals surface area contributed by atoms with Gasteiger partial charge in [-0.2, -0.15) is 11.8 Å². The van der Waals surface area contributed by atoms with Crippen LogP contribution in [-0.4, -0.2) is 34.2 Å². The summed E-state index contributed by atoms with van der Waals surface area (Å²) in [5.74, 6) is 0.903. The molecule has 1 unspecified atom stereocenters. The summed E-state index contributed by atoms with van der Waals surface area (Å²) in [5.41, 5.74) is -0.799. The molecule has 2 N–H and O–H groups in total. The van der Waals surface area contributed by atoms with E-state index < -0.39 is 11.5 Å². The maximum absolute atomic E-state index is 11.1. The second-order valence-electron chi connectivity index (χ2n) is 4.34. The lowest BCUT2D eigenvalue weighted by Crippen LogP contribution is -2.54. The number of aliphatic carboxylic acids is 1. The first kappa shape index (κ1) is 14.8. The molecule has 90 valence electrons. The number of hydrogen-bond acceptors (Lipinski definition) is 3. The molecule has 0 aromatic rings. The average Bonchev–Trinajstić information content (AvgIpc) is 2.11. The number of carboxylic acids is 1. The van der Waals surface area contributed by atoms with Gasteiger partial charge in [0.25, 0.3) is 0 Å². The molecule has 0 heterocycles. The molecule has 0 saturated carbocycles. The van der Waals surface area contributed by atoms with Gasteiger partial charge < -0.3 is 5.11 Å². The van der Waals surface area contributed by atoms with E-state index in [-0.39, 0.29) is 6.04 Å². The summed E-state index contributed by atoms with van der Waals surface area (Å²) in [6, 6.07) is 0.192. The fraction of sp³-hybridized carbons (Fsp3) is 0.909. The van der Waals surface area contributed by atoms with Crippen molar-refractivity contribution in [3.63, 3.8) is 0 Å². The zero-order chi connectivity index (χ0) is 11.9. The van der Waals surface area contributed by atoms with Crippen LogP contribution in [0.15, 0.2) is 0 Å². The lowest BCUT2D eigenvalue weighted by Gasteiger charge is -2.28. The third kappa shape index (κ3) is 6.05. The first-order chi connectivity index (χ1) is 6.92. The molecule has 0 aliphatic carbocycles. The summed E-state index contributed by atoms with van der Waals surface area (Å²) in [6.45, 7) is 7.84. The molecular formula is C11H23NO2S. The molecule has 1 atom stereocenters. The Morgan fingerprint density at radius 1 is 1.53 bits per heavy atom. The number of hydrogen-bond donors (Lipinski definition) is 2. The minimum absolute atomic E-state index is 0.192. The van der Waals surface area contributed by atoms with Crippen LogP contribution in [-0.2, 0) is 4.79 Å². The van der Waals surface area contributed by atoms with Crippen molar-refractivity contribution in [3.05, 3.63) is 0 Å². The van der Waals surface area contributed by atoms with Crippen LogP contribution in [0.2, 0.25) is 0 Å². The van der Waals surface area contributed by atoms with Crippen molar-refractivity contribution < 1.29 is 9.90 Å². The van der Waals surface area contributed by atoms with Crippen molar-refractivity contribution in [2.24, 2.45) is 0 Å². The maximum atomic E-state index is 11.1. The van der Waals surface area contributed by atoms with Crippen LogP contribution in [0.4, 0.5) is 0 Å². The molecule has 0 amide bonds. The predicted molar refractivity (Wildman–Crippen MR) is 66.5 cm³/mol. The molecule has 3 nitrogen and oxygen atoms in total. The van der Waals surface area contributed by atoms with Crippen LogP contribution < -0.4 is 5.32 Å². The Hall–Kier alpha value is -0.220. The maximum Gasteiger partial charge on any atom is 0.324 e.